The van der Waals surface area contributed by atoms with Gasteiger partial charge in [0, 0.05) is 20.1 Å². The molecule has 0 spiro atoms. The Balaban J connectivity index is 1.69. The van der Waals surface area contributed by atoms with Crippen LogP contribution in [-0.2, 0) is 11.3 Å². The molecule has 0 fully saturated rings. The van der Waals surface area contributed by atoms with Crippen LogP contribution in [0, 0.1) is 11.3 Å². The Morgan fingerprint density at radius 3 is 2.62 bits per heavy atom. The van der Waals surface area contributed by atoms with Gasteiger partial charge in [0.1, 0.15) is 5.75 Å². The second-order valence-corrected chi connectivity index (χ2v) is 6.31. The molecule has 0 atom stereocenters. The van der Waals surface area contributed by atoms with Gasteiger partial charge in [-0.15, -0.1) is 0 Å². The highest BCUT2D eigenvalue weighted by molar-refractivity contribution is 5.77. The van der Waals surface area contributed by atoms with Gasteiger partial charge in [-0.25, -0.2) is 0 Å². The average Bonchev–Trinajstić information content (AvgIpc) is 2.65. The molecule has 0 aliphatic rings. The van der Waals surface area contributed by atoms with Crippen LogP contribution in [0.25, 0.3) is 0 Å². The number of benzene rings is 2. The van der Waals surface area contributed by atoms with E-state index in [1.165, 1.54) is 0 Å². The summed E-state index contributed by atoms with van der Waals surface area (Å²) in [5, 5.41) is 8.96. The molecule has 0 saturated heterocycles. The van der Waals surface area contributed by atoms with Crippen LogP contribution < -0.4 is 4.74 Å². The average molecular weight is 351 g/mol. The molecule has 0 heterocycles. The van der Waals surface area contributed by atoms with E-state index in [4.69, 9.17) is 10.00 Å². The van der Waals surface area contributed by atoms with E-state index in [0.717, 1.165) is 17.7 Å². The first-order valence-corrected chi connectivity index (χ1v) is 8.68. The number of para-hydroxylation sites is 1. The molecule has 0 bridgehead atoms. The monoisotopic (exact) mass is 351 g/mol. The zero-order chi connectivity index (χ0) is 18.8. The summed E-state index contributed by atoms with van der Waals surface area (Å²) in [6.45, 7) is 2.21. The fourth-order valence-electron chi connectivity index (χ4n) is 2.59. The Labute approximate surface area is 155 Å². The summed E-state index contributed by atoms with van der Waals surface area (Å²) in [7, 11) is 3.72. The Morgan fingerprint density at radius 2 is 1.88 bits per heavy atom. The molecule has 26 heavy (non-hydrogen) atoms. The lowest BCUT2D eigenvalue weighted by Gasteiger charge is -2.22. The van der Waals surface area contributed by atoms with Crippen LogP contribution >= 0.6 is 0 Å². The zero-order valence-corrected chi connectivity index (χ0v) is 15.4. The number of nitriles is 1. The molecular weight excluding hydrogens is 326 g/mol. The number of carbonyl (C=O) groups is 1. The fourth-order valence-corrected chi connectivity index (χ4v) is 2.59. The summed E-state index contributed by atoms with van der Waals surface area (Å²) < 4.78 is 5.64. The molecule has 0 aromatic heterocycles. The van der Waals surface area contributed by atoms with Crippen molar-refractivity contribution in [3.63, 3.8) is 0 Å². The first-order chi connectivity index (χ1) is 12.6. The predicted molar refractivity (Wildman–Crippen MR) is 102 cm³/mol. The highest BCUT2D eigenvalue weighted by atomic mass is 16.5. The number of carbonyl (C=O) groups excluding carboxylic acids is 1. The van der Waals surface area contributed by atoms with Crippen LogP contribution in [0.5, 0.6) is 5.75 Å². The Morgan fingerprint density at radius 1 is 1.12 bits per heavy atom. The minimum Gasteiger partial charge on any atom is -0.494 e. The summed E-state index contributed by atoms with van der Waals surface area (Å²) in [6, 6.07) is 19.3. The molecule has 0 unspecified atom stereocenters. The number of likely N-dealkylation sites (N-methyl/N-ethyl adjacent to an activating group) is 2. The van der Waals surface area contributed by atoms with Gasteiger partial charge in [-0.05, 0) is 43.3 Å². The lowest BCUT2D eigenvalue weighted by atomic mass is 10.1. The third kappa shape index (κ3) is 6.58. The van der Waals surface area contributed by atoms with E-state index < -0.39 is 0 Å². The van der Waals surface area contributed by atoms with Crippen molar-refractivity contribution in [1.82, 2.24) is 9.80 Å². The van der Waals surface area contributed by atoms with Crippen LogP contribution in [0.15, 0.2) is 54.6 Å². The molecule has 1 amide bonds. The quantitative estimate of drug-likeness (QED) is 0.652. The Bertz CT molecular complexity index is 740. The molecule has 2 aromatic rings. The number of amides is 1. The minimum absolute atomic E-state index is 0.0728. The molecule has 0 aliphatic heterocycles. The molecule has 0 saturated carbocycles. The van der Waals surface area contributed by atoms with E-state index in [0.29, 0.717) is 31.8 Å². The lowest BCUT2D eigenvalue weighted by Crippen LogP contribution is -2.37. The standard InChI is InChI=1S/C21H25N3O2/c1-23(16-19-9-6-8-18(14-19)15-22)17-21(25)24(2)12-7-13-26-20-10-4-3-5-11-20/h3-6,8-11,14H,7,12-13,16-17H2,1-2H3. The summed E-state index contributed by atoms with van der Waals surface area (Å²) in [6.07, 6.45) is 0.783. The van der Waals surface area contributed by atoms with Gasteiger partial charge in [-0.3, -0.25) is 9.69 Å². The highest BCUT2D eigenvalue weighted by Crippen LogP contribution is 2.09. The first-order valence-electron chi connectivity index (χ1n) is 8.68. The molecule has 2 aromatic carbocycles. The van der Waals surface area contributed by atoms with Gasteiger partial charge in [0.2, 0.25) is 5.91 Å². The predicted octanol–water partition coefficient (Wildman–Crippen LogP) is 2.92. The maximum absolute atomic E-state index is 12.3. The van der Waals surface area contributed by atoms with E-state index in [9.17, 15) is 4.79 Å². The van der Waals surface area contributed by atoms with Gasteiger partial charge in [-0.1, -0.05) is 30.3 Å². The van der Waals surface area contributed by atoms with Gasteiger partial charge in [0.25, 0.3) is 0 Å². The van der Waals surface area contributed by atoms with Crippen molar-refractivity contribution in [3.05, 3.63) is 65.7 Å². The van der Waals surface area contributed by atoms with Crippen molar-refractivity contribution in [2.24, 2.45) is 0 Å². The van der Waals surface area contributed by atoms with E-state index in [1.54, 1.807) is 11.0 Å². The van der Waals surface area contributed by atoms with Crippen molar-refractivity contribution < 1.29 is 9.53 Å². The third-order valence-corrected chi connectivity index (χ3v) is 3.99. The Kier molecular flexibility index (Phi) is 7.66. The van der Waals surface area contributed by atoms with Crippen LogP contribution in [-0.4, -0.2) is 49.5 Å². The first kappa shape index (κ1) is 19.5. The van der Waals surface area contributed by atoms with Gasteiger partial charge in [0.05, 0.1) is 24.8 Å². The number of hydrogen-bond acceptors (Lipinski definition) is 4. The molecule has 5 nitrogen and oxygen atoms in total. The van der Waals surface area contributed by atoms with Crippen molar-refractivity contribution in [2.75, 3.05) is 33.8 Å². The molecule has 0 aliphatic carbocycles. The largest absolute Gasteiger partial charge is 0.494 e. The molecule has 0 N–H and O–H groups in total. The van der Waals surface area contributed by atoms with Crippen molar-refractivity contribution in [2.45, 2.75) is 13.0 Å². The van der Waals surface area contributed by atoms with E-state index in [-0.39, 0.29) is 5.91 Å². The number of rotatable bonds is 9. The molecule has 2 rings (SSSR count). The maximum atomic E-state index is 12.3. The molecular formula is C21H25N3O2. The number of ether oxygens (including phenoxy) is 1. The van der Waals surface area contributed by atoms with Gasteiger partial charge < -0.3 is 9.64 Å². The molecule has 0 radical (unpaired) electrons. The van der Waals surface area contributed by atoms with Crippen LogP contribution in [0.3, 0.4) is 0 Å². The summed E-state index contributed by atoms with van der Waals surface area (Å²) in [5.41, 5.74) is 1.66. The highest BCUT2D eigenvalue weighted by Gasteiger charge is 2.12. The lowest BCUT2D eigenvalue weighted by molar-refractivity contribution is -0.131. The maximum Gasteiger partial charge on any atom is 0.236 e. The Hall–Kier alpha value is -2.84. The number of hydrogen-bond donors (Lipinski definition) is 0. The van der Waals surface area contributed by atoms with E-state index in [2.05, 4.69) is 6.07 Å². The SMILES string of the molecule is CN(CC(=O)N(C)CCCOc1ccccc1)Cc1cccc(C#N)c1. The number of nitrogens with zero attached hydrogens (tertiary/aromatic N) is 3. The molecule has 5 heteroatoms. The minimum atomic E-state index is 0.0728. The van der Waals surface area contributed by atoms with Gasteiger partial charge >= 0.3 is 0 Å². The zero-order valence-electron chi connectivity index (χ0n) is 15.4. The summed E-state index contributed by atoms with van der Waals surface area (Å²) in [4.78, 5) is 16.0. The van der Waals surface area contributed by atoms with Crippen molar-refractivity contribution >= 4 is 5.91 Å². The third-order valence-electron chi connectivity index (χ3n) is 3.99. The molecule has 136 valence electrons. The van der Waals surface area contributed by atoms with Crippen molar-refractivity contribution in [1.29, 1.82) is 5.26 Å². The summed E-state index contributed by atoms with van der Waals surface area (Å²) >= 11 is 0. The van der Waals surface area contributed by atoms with E-state index in [1.807, 2.05) is 67.5 Å². The van der Waals surface area contributed by atoms with Crippen LogP contribution in [0.4, 0.5) is 0 Å². The van der Waals surface area contributed by atoms with Gasteiger partial charge in [0.15, 0.2) is 0 Å². The fraction of sp³-hybridized carbons (Fsp3) is 0.333. The second-order valence-electron chi connectivity index (χ2n) is 6.31. The van der Waals surface area contributed by atoms with Crippen LogP contribution in [0.2, 0.25) is 0 Å². The second kappa shape index (κ2) is 10.2. The van der Waals surface area contributed by atoms with Gasteiger partial charge in [-0.2, -0.15) is 5.26 Å². The normalized spacial score (nSPS) is 10.4. The van der Waals surface area contributed by atoms with Crippen molar-refractivity contribution in [3.8, 4) is 11.8 Å². The topological polar surface area (TPSA) is 56.6 Å². The van der Waals surface area contributed by atoms with E-state index >= 15 is 0 Å². The van der Waals surface area contributed by atoms with Crippen LogP contribution in [0.1, 0.15) is 17.5 Å². The summed E-state index contributed by atoms with van der Waals surface area (Å²) in [5.74, 6) is 0.921. The smallest absolute Gasteiger partial charge is 0.236 e.